The molecule has 2 heteroatoms. The van der Waals surface area contributed by atoms with Gasteiger partial charge in [-0.2, -0.15) is 0 Å². The Balaban J connectivity index is 0.000000371. The summed E-state index contributed by atoms with van der Waals surface area (Å²) in [6.07, 6.45) is 1.23. The fourth-order valence-electron chi connectivity index (χ4n) is 0.819. The first-order chi connectivity index (χ1) is 4.80. The van der Waals surface area contributed by atoms with Gasteiger partial charge in [-0.15, -0.1) is 0 Å². The first-order valence-electron chi connectivity index (χ1n) is 3.94. The van der Waals surface area contributed by atoms with Gasteiger partial charge < -0.3 is 10.2 Å². The molecule has 1 heterocycles. The second kappa shape index (κ2) is 5.15. The Morgan fingerprint density at radius 2 is 2.10 bits per heavy atom. The lowest BCUT2D eigenvalue weighted by atomic mass is 10.3. The summed E-state index contributed by atoms with van der Waals surface area (Å²) in [5.41, 5.74) is 0. The summed E-state index contributed by atoms with van der Waals surface area (Å²) in [4.78, 5) is 2.13. The molecule has 60 valence electrons. The van der Waals surface area contributed by atoms with Crippen molar-refractivity contribution in [2.75, 3.05) is 20.1 Å². The Morgan fingerprint density at radius 1 is 1.50 bits per heavy atom. The van der Waals surface area contributed by atoms with Crippen molar-refractivity contribution in [1.29, 1.82) is 0 Å². The second-order valence-electron chi connectivity index (χ2n) is 2.15. The van der Waals surface area contributed by atoms with Gasteiger partial charge in [-0.05, 0) is 6.42 Å². The molecule has 0 bridgehead atoms. The van der Waals surface area contributed by atoms with Crippen LogP contribution in [0.15, 0.2) is 12.4 Å². The maximum Gasteiger partial charge on any atom is 0.0936 e. The Labute approximate surface area is 63.9 Å². The van der Waals surface area contributed by atoms with E-state index in [0.717, 1.165) is 18.9 Å². The maximum absolute atomic E-state index is 3.81. The molecule has 0 atom stereocenters. The molecule has 1 N–H and O–H groups in total. The summed E-state index contributed by atoms with van der Waals surface area (Å²) in [7, 11) is 2.05. The number of rotatable bonds is 0. The van der Waals surface area contributed by atoms with E-state index in [1.165, 1.54) is 6.42 Å². The van der Waals surface area contributed by atoms with Gasteiger partial charge in [-0.25, -0.2) is 0 Å². The SMILES string of the molecule is C=C1NCCCN1C.CC. The molecule has 0 aromatic rings. The van der Waals surface area contributed by atoms with Gasteiger partial charge in [0.1, 0.15) is 0 Å². The first kappa shape index (κ1) is 9.34. The lowest BCUT2D eigenvalue weighted by Gasteiger charge is -2.27. The zero-order valence-corrected chi connectivity index (χ0v) is 7.28. The summed E-state index contributed by atoms with van der Waals surface area (Å²) in [6.45, 7) is 10.0. The lowest BCUT2D eigenvalue weighted by Crippen LogP contribution is -2.35. The van der Waals surface area contributed by atoms with E-state index in [4.69, 9.17) is 0 Å². The summed E-state index contributed by atoms with van der Waals surface area (Å²) < 4.78 is 0. The fourth-order valence-corrected chi connectivity index (χ4v) is 0.819. The number of nitrogens with zero attached hydrogens (tertiary/aromatic N) is 1. The van der Waals surface area contributed by atoms with Gasteiger partial charge >= 0.3 is 0 Å². The van der Waals surface area contributed by atoms with E-state index in [1.807, 2.05) is 13.8 Å². The average molecular weight is 142 g/mol. The Bertz CT molecular complexity index is 99.4. The highest BCUT2D eigenvalue weighted by molar-refractivity contribution is 4.92. The molecule has 0 aromatic carbocycles. The largest absolute Gasteiger partial charge is 0.372 e. The lowest BCUT2D eigenvalue weighted by molar-refractivity contribution is 0.336. The number of hydrogen-bond donors (Lipinski definition) is 1. The maximum atomic E-state index is 3.81. The van der Waals surface area contributed by atoms with Crippen LogP contribution in [-0.2, 0) is 0 Å². The molecule has 0 aliphatic carbocycles. The van der Waals surface area contributed by atoms with Crippen LogP contribution in [0.3, 0.4) is 0 Å². The minimum Gasteiger partial charge on any atom is -0.372 e. The van der Waals surface area contributed by atoms with Crippen molar-refractivity contribution in [2.24, 2.45) is 0 Å². The van der Waals surface area contributed by atoms with Gasteiger partial charge in [0, 0.05) is 20.1 Å². The van der Waals surface area contributed by atoms with E-state index < -0.39 is 0 Å². The monoisotopic (exact) mass is 142 g/mol. The van der Waals surface area contributed by atoms with Gasteiger partial charge in [0.25, 0.3) is 0 Å². The normalized spacial score (nSPS) is 17.1. The molecular weight excluding hydrogens is 124 g/mol. The van der Waals surface area contributed by atoms with Crippen LogP contribution >= 0.6 is 0 Å². The molecule has 10 heavy (non-hydrogen) atoms. The minimum atomic E-state index is 1.05. The van der Waals surface area contributed by atoms with E-state index in [9.17, 15) is 0 Å². The summed E-state index contributed by atoms with van der Waals surface area (Å²) >= 11 is 0. The van der Waals surface area contributed by atoms with Crippen LogP contribution in [0.2, 0.25) is 0 Å². The number of hydrogen-bond acceptors (Lipinski definition) is 2. The first-order valence-corrected chi connectivity index (χ1v) is 3.94. The zero-order valence-electron chi connectivity index (χ0n) is 7.28. The van der Waals surface area contributed by atoms with Crippen molar-refractivity contribution >= 4 is 0 Å². The van der Waals surface area contributed by atoms with Crippen LogP contribution in [0.1, 0.15) is 20.3 Å². The quantitative estimate of drug-likeness (QED) is 0.550. The zero-order chi connectivity index (χ0) is 7.98. The molecule has 1 aliphatic heterocycles. The highest BCUT2D eigenvalue weighted by Gasteiger charge is 2.04. The summed E-state index contributed by atoms with van der Waals surface area (Å²) in [6, 6.07) is 0. The molecule has 0 unspecified atom stereocenters. The molecule has 0 amide bonds. The molecule has 0 spiro atoms. The predicted molar refractivity (Wildman–Crippen MR) is 45.7 cm³/mol. The molecule has 0 radical (unpaired) electrons. The molecule has 1 rings (SSSR count). The van der Waals surface area contributed by atoms with Crippen molar-refractivity contribution in [3.63, 3.8) is 0 Å². The third-order valence-electron chi connectivity index (χ3n) is 1.46. The summed E-state index contributed by atoms with van der Waals surface area (Å²) in [5.74, 6) is 1.05. The van der Waals surface area contributed by atoms with Crippen molar-refractivity contribution < 1.29 is 0 Å². The van der Waals surface area contributed by atoms with Gasteiger partial charge in [0.2, 0.25) is 0 Å². The molecule has 1 aliphatic rings. The number of nitrogens with one attached hydrogen (secondary N) is 1. The third kappa shape index (κ3) is 2.76. The van der Waals surface area contributed by atoms with Gasteiger partial charge in [-0.3, -0.25) is 0 Å². The van der Waals surface area contributed by atoms with Gasteiger partial charge in [0.05, 0.1) is 5.82 Å². The van der Waals surface area contributed by atoms with Crippen molar-refractivity contribution in [3.05, 3.63) is 12.4 Å². The standard InChI is InChI=1S/C6H12N2.C2H6/c1-6-7-4-3-5-8(6)2;1-2/h7H,1,3-5H2,2H3;1-2H3. The Hall–Kier alpha value is -0.660. The molecule has 0 aromatic heterocycles. The Kier molecular flexibility index (Phi) is 4.81. The van der Waals surface area contributed by atoms with E-state index in [2.05, 4.69) is 23.8 Å². The highest BCUT2D eigenvalue weighted by Crippen LogP contribution is 2.00. The molecule has 0 saturated carbocycles. The summed E-state index contributed by atoms with van der Waals surface area (Å²) in [5, 5.41) is 3.16. The predicted octanol–water partition coefficient (Wildman–Crippen LogP) is 1.41. The topological polar surface area (TPSA) is 15.3 Å². The van der Waals surface area contributed by atoms with E-state index in [-0.39, 0.29) is 0 Å². The van der Waals surface area contributed by atoms with Crippen LogP contribution in [0.5, 0.6) is 0 Å². The van der Waals surface area contributed by atoms with Crippen LogP contribution in [0.4, 0.5) is 0 Å². The van der Waals surface area contributed by atoms with Crippen LogP contribution in [0.25, 0.3) is 0 Å². The van der Waals surface area contributed by atoms with Crippen LogP contribution < -0.4 is 5.32 Å². The molecule has 1 saturated heterocycles. The van der Waals surface area contributed by atoms with Gasteiger partial charge in [0.15, 0.2) is 0 Å². The fraction of sp³-hybridized carbons (Fsp3) is 0.750. The van der Waals surface area contributed by atoms with E-state index in [1.54, 1.807) is 0 Å². The van der Waals surface area contributed by atoms with Crippen molar-refractivity contribution in [1.82, 2.24) is 10.2 Å². The van der Waals surface area contributed by atoms with E-state index in [0.29, 0.717) is 0 Å². The smallest absolute Gasteiger partial charge is 0.0936 e. The molecule has 2 nitrogen and oxygen atoms in total. The van der Waals surface area contributed by atoms with E-state index >= 15 is 0 Å². The van der Waals surface area contributed by atoms with Gasteiger partial charge in [-0.1, -0.05) is 20.4 Å². The van der Waals surface area contributed by atoms with Crippen molar-refractivity contribution in [3.8, 4) is 0 Å². The van der Waals surface area contributed by atoms with Crippen LogP contribution in [0, 0.1) is 0 Å². The van der Waals surface area contributed by atoms with Crippen molar-refractivity contribution in [2.45, 2.75) is 20.3 Å². The highest BCUT2D eigenvalue weighted by atomic mass is 15.2. The molecular formula is C8H18N2. The molecule has 1 fully saturated rings. The Morgan fingerprint density at radius 3 is 2.40 bits per heavy atom. The van der Waals surface area contributed by atoms with Crippen LogP contribution in [-0.4, -0.2) is 25.0 Å². The second-order valence-corrected chi connectivity index (χ2v) is 2.15. The average Bonchev–Trinajstić information content (AvgIpc) is 2.00. The third-order valence-corrected chi connectivity index (χ3v) is 1.46. The minimum absolute atomic E-state index is 1.05.